The number of rotatable bonds is 2. The first-order valence-electron chi connectivity index (χ1n) is 3.70. The SMILES string of the molecule is CCc1cncc[n+]1CC. The van der Waals surface area contributed by atoms with Crippen molar-refractivity contribution in [3.8, 4) is 0 Å². The van der Waals surface area contributed by atoms with Gasteiger partial charge in [-0.05, 0) is 6.92 Å². The summed E-state index contributed by atoms with van der Waals surface area (Å²) >= 11 is 0. The van der Waals surface area contributed by atoms with Crippen molar-refractivity contribution < 1.29 is 4.57 Å². The predicted octanol–water partition coefficient (Wildman–Crippen LogP) is 0.951. The Morgan fingerprint density at radius 2 is 2.30 bits per heavy atom. The Hall–Kier alpha value is -0.920. The summed E-state index contributed by atoms with van der Waals surface area (Å²) in [6.07, 6.45) is 6.81. The zero-order valence-corrected chi connectivity index (χ0v) is 6.54. The highest BCUT2D eigenvalue weighted by atomic mass is 15.0. The Balaban J connectivity index is 2.96. The first-order chi connectivity index (χ1) is 4.88. The molecular formula is C8H13N2+. The summed E-state index contributed by atoms with van der Waals surface area (Å²) in [5.74, 6) is 0. The van der Waals surface area contributed by atoms with Gasteiger partial charge in [0.25, 0.3) is 0 Å². The standard InChI is InChI=1S/C8H13N2/c1-3-8-7-9-5-6-10(8)4-2/h5-7H,3-4H2,1-2H3/q+1. The third kappa shape index (κ3) is 1.32. The summed E-state index contributed by atoms with van der Waals surface area (Å²) < 4.78 is 2.20. The van der Waals surface area contributed by atoms with E-state index in [-0.39, 0.29) is 0 Å². The Morgan fingerprint density at radius 1 is 1.50 bits per heavy atom. The molecule has 0 atom stereocenters. The van der Waals surface area contributed by atoms with Crippen LogP contribution < -0.4 is 4.57 Å². The molecule has 0 bridgehead atoms. The zero-order chi connectivity index (χ0) is 7.40. The van der Waals surface area contributed by atoms with Crippen molar-refractivity contribution in [2.75, 3.05) is 0 Å². The molecule has 54 valence electrons. The molecule has 0 aliphatic rings. The number of nitrogens with zero attached hydrogens (tertiary/aromatic N) is 2. The molecular weight excluding hydrogens is 124 g/mol. The molecule has 1 aromatic heterocycles. The van der Waals surface area contributed by atoms with Crippen LogP contribution in [0.2, 0.25) is 0 Å². The van der Waals surface area contributed by atoms with E-state index in [0.717, 1.165) is 13.0 Å². The van der Waals surface area contributed by atoms with Gasteiger partial charge in [-0.2, -0.15) is 4.57 Å². The zero-order valence-electron chi connectivity index (χ0n) is 6.54. The van der Waals surface area contributed by atoms with E-state index in [4.69, 9.17) is 0 Å². The van der Waals surface area contributed by atoms with E-state index in [2.05, 4.69) is 23.4 Å². The fraction of sp³-hybridized carbons (Fsp3) is 0.500. The molecule has 0 saturated carbocycles. The van der Waals surface area contributed by atoms with E-state index in [0.29, 0.717) is 0 Å². The summed E-state index contributed by atoms with van der Waals surface area (Å²) in [5.41, 5.74) is 1.30. The molecule has 10 heavy (non-hydrogen) atoms. The fourth-order valence-corrected chi connectivity index (χ4v) is 1.02. The lowest BCUT2D eigenvalue weighted by Crippen LogP contribution is -2.36. The Bertz CT molecular complexity index is 185. The molecule has 1 heterocycles. The quantitative estimate of drug-likeness (QED) is 0.554. The van der Waals surface area contributed by atoms with E-state index >= 15 is 0 Å². The summed E-state index contributed by atoms with van der Waals surface area (Å²) in [7, 11) is 0. The van der Waals surface area contributed by atoms with Crippen LogP contribution in [0.1, 0.15) is 19.5 Å². The van der Waals surface area contributed by atoms with Gasteiger partial charge in [-0.3, -0.25) is 4.98 Å². The maximum atomic E-state index is 4.04. The normalized spacial score (nSPS) is 9.80. The highest BCUT2D eigenvalue weighted by Gasteiger charge is 2.02. The average molecular weight is 137 g/mol. The molecule has 0 aliphatic heterocycles. The van der Waals surface area contributed by atoms with Gasteiger partial charge in [0.05, 0.1) is 12.4 Å². The van der Waals surface area contributed by atoms with Gasteiger partial charge < -0.3 is 0 Å². The van der Waals surface area contributed by atoms with Crippen molar-refractivity contribution in [1.29, 1.82) is 0 Å². The molecule has 2 nitrogen and oxygen atoms in total. The Kier molecular flexibility index (Phi) is 2.37. The Labute approximate surface area is 61.5 Å². The minimum atomic E-state index is 1.03. The van der Waals surface area contributed by atoms with Crippen molar-refractivity contribution in [3.63, 3.8) is 0 Å². The monoisotopic (exact) mass is 137 g/mol. The first-order valence-corrected chi connectivity index (χ1v) is 3.70. The van der Waals surface area contributed by atoms with Crippen LogP contribution in [0.25, 0.3) is 0 Å². The van der Waals surface area contributed by atoms with Crippen LogP contribution in [0.3, 0.4) is 0 Å². The van der Waals surface area contributed by atoms with E-state index in [1.807, 2.05) is 18.6 Å². The van der Waals surface area contributed by atoms with E-state index < -0.39 is 0 Å². The minimum Gasteiger partial charge on any atom is -0.252 e. The lowest BCUT2D eigenvalue weighted by atomic mass is 10.3. The average Bonchev–Trinajstić information content (AvgIpc) is 2.04. The van der Waals surface area contributed by atoms with Gasteiger partial charge in [0, 0.05) is 6.42 Å². The summed E-state index contributed by atoms with van der Waals surface area (Å²) in [6, 6.07) is 0. The molecule has 0 amide bonds. The van der Waals surface area contributed by atoms with Gasteiger partial charge in [0.1, 0.15) is 6.54 Å². The Morgan fingerprint density at radius 3 is 2.80 bits per heavy atom. The highest BCUT2D eigenvalue weighted by Crippen LogP contribution is 1.87. The lowest BCUT2D eigenvalue weighted by Gasteiger charge is -1.95. The van der Waals surface area contributed by atoms with E-state index in [9.17, 15) is 0 Å². The molecule has 0 N–H and O–H groups in total. The van der Waals surface area contributed by atoms with Gasteiger partial charge in [0.2, 0.25) is 0 Å². The van der Waals surface area contributed by atoms with E-state index in [1.54, 1.807) is 0 Å². The third-order valence-corrected chi connectivity index (χ3v) is 1.63. The third-order valence-electron chi connectivity index (χ3n) is 1.63. The number of aromatic nitrogens is 2. The molecule has 1 rings (SSSR count). The maximum absolute atomic E-state index is 4.04. The number of hydrogen-bond acceptors (Lipinski definition) is 1. The van der Waals surface area contributed by atoms with Gasteiger partial charge >= 0.3 is 0 Å². The predicted molar refractivity (Wildman–Crippen MR) is 39.5 cm³/mol. The van der Waals surface area contributed by atoms with Gasteiger partial charge in [0.15, 0.2) is 11.9 Å². The van der Waals surface area contributed by atoms with Crippen LogP contribution in [-0.4, -0.2) is 4.98 Å². The minimum absolute atomic E-state index is 1.03. The second kappa shape index (κ2) is 3.30. The van der Waals surface area contributed by atoms with Crippen LogP contribution in [0, 0.1) is 0 Å². The van der Waals surface area contributed by atoms with E-state index in [1.165, 1.54) is 5.69 Å². The number of hydrogen-bond donors (Lipinski definition) is 0. The first kappa shape index (κ1) is 7.19. The van der Waals surface area contributed by atoms with Gasteiger partial charge in [-0.1, -0.05) is 6.92 Å². The van der Waals surface area contributed by atoms with Crippen molar-refractivity contribution in [3.05, 3.63) is 24.3 Å². The molecule has 0 saturated heterocycles. The molecule has 0 radical (unpaired) electrons. The molecule has 0 unspecified atom stereocenters. The van der Waals surface area contributed by atoms with Crippen LogP contribution in [0.15, 0.2) is 18.6 Å². The number of aryl methyl sites for hydroxylation is 2. The van der Waals surface area contributed by atoms with Crippen molar-refractivity contribution in [2.24, 2.45) is 0 Å². The van der Waals surface area contributed by atoms with Crippen molar-refractivity contribution in [2.45, 2.75) is 26.8 Å². The van der Waals surface area contributed by atoms with Gasteiger partial charge in [-0.15, -0.1) is 0 Å². The van der Waals surface area contributed by atoms with Crippen LogP contribution in [-0.2, 0) is 13.0 Å². The summed E-state index contributed by atoms with van der Waals surface area (Å²) in [5, 5.41) is 0. The molecule has 0 fully saturated rings. The molecule has 0 aromatic carbocycles. The molecule has 0 aliphatic carbocycles. The molecule has 0 spiro atoms. The fourth-order valence-electron chi connectivity index (χ4n) is 1.02. The van der Waals surface area contributed by atoms with Crippen molar-refractivity contribution in [1.82, 2.24) is 4.98 Å². The van der Waals surface area contributed by atoms with Crippen LogP contribution >= 0.6 is 0 Å². The topological polar surface area (TPSA) is 16.8 Å². The maximum Gasteiger partial charge on any atom is 0.199 e. The summed E-state index contributed by atoms with van der Waals surface area (Å²) in [4.78, 5) is 4.04. The second-order valence-corrected chi connectivity index (χ2v) is 2.21. The smallest absolute Gasteiger partial charge is 0.199 e. The second-order valence-electron chi connectivity index (χ2n) is 2.21. The largest absolute Gasteiger partial charge is 0.252 e. The van der Waals surface area contributed by atoms with Crippen LogP contribution in [0.5, 0.6) is 0 Å². The van der Waals surface area contributed by atoms with Gasteiger partial charge in [-0.25, -0.2) is 0 Å². The molecule has 1 aromatic rings. The lowest BCUT2D eigenvalue weighted by molar-refractivity contribution is -0.701. The molecule has 2 heteroatoms. The highest BCUT2D eigenvalue weighted by molar-refractivity contribution is 4.84. The summed E-state index contributed by atoms with van der Waals surface area (Å²) in [6.45, 7) is 5.31. The van der Waals surface area contributed by atoms with Crippen LogP contribution in [0.4, 0.5) is 0 Å². The van der Waals surface area contributed by atoms with Crippen molar-refractivity contribution >= 4 is 0 Å².